The number of nitrogens with zero attached hydrogens (tertiary/aromatic N) is 4. The molecule has 0 spiro atoms. The minimum absolute atomic E-state index is 0.695. The van der Waals surface area contributed by atoms with Crippen molar-refractivity contribution in [2.45, 2.75) is 0 Å². The van der Waals surface area contributed by atoms with Gasteiger partial charge in [0.05, 0.1) is 0 Å². The van der Waals surface area contributed by atoms with E-state index in [4.69, 9.17) is 19.9 Å². The highest BCUT2D eigenvalue weighted by atomic mass is 32.1. The van der Waals surface area contributed by atoms with E-state index in [0.29, 0.717) is 11.6 Å². The van der Waals surface area contributed by atoms with Gasteiger partial charge < -0.3 is 0 Å². The third kappa shape index (κ3) is 3.49. The van der Waals surface area contributed by atoms with Gasteiger partial charge in [0, 0.05) is 74.6 Å². The van der Waals surface area contributed by atoms with Crippen molar-refractivity contribution in [3.05, 3.63) is 122 Å². The van der Waals surface area contributed by atoms with Crippen molar-refractivity contribution in [1.82, 2.24) is 19.9 Å². The highest BCUT2D eigenvalue weighted by molar-refractivity contribution is 7.26. The lowest BCUT2D eigenvalue weighted by Crippen LogP contribution is -1.96. The first kappa shape index (κ1) is 24.2. The Bertz CT molecular complexity index is 2600. The van der Waals surface area contributed by atoms with Gasteiger partial charge >= 0.3 is 0 Å². The molecule has 4 heterocycles. The lowest BCUT2D eigenvalue weighted by Gasteiger charge is -2.11. The fourth-order valence-electron chi connectivity index (χ4n) is 6.48. The fraction of sp³-hybridized carbons (Fsp3) is 0. The summed E-state index contributed by atoms with van der Waals surface area (Å²) < 4.78 is 5.04. The summed E-state index contributed by atoms with van der Waals surface area (Å²) in [7, 11) is 0. The van der Waals surface area contributed by atoms with E-state index in [1.807, 2.05) is 12.4 Å². The zero-order valence-corrected chi connectivity index (χ0v) is 24.8. The SMILES string of the molecule is c1ccc2c(c1)sc1cc(-c3ncc4c5ccccc5c5cnc(-c6ccc7c(c6)sc6ccccc67)nc5c4n3)ccc12. The zero-order chi connectivity index (χ0) is 28.8. The molecule has 6 aromatic carbocycles. The van der Waals surface area contributed by atoms with Gasteiger partial charge in [-0.15, -0.1) is 22.7 Å². The van der Waals surface area contributed by atoms with E-state index in [1.54, 1.807) is 22.7 Å². The topological polar surface area (TPSA) is 51.6 Å². The fourth-order valence-corrected chi connectivity index (χ4v) is 8.77. The van der Waals surface area contributed by atoms with E-state index in [9.17, 15) is 0 Å². The van der Waals surface area contributed by atoms with Crippen molar-refractivity contribution < 1.29 is 0 Å². The summed E-state index contributed by atoms with van der Waals surface area (Å²) in [6, 6.07) is 38.6. The maximum absolute atomic E-state index is 5.20. The van der Waals surface area contributed by atoms with Crippen LogP contribution in [0.2, 0.25) is 0 Å². The molecule has 0 bridgehead atoms. The zero-order valence-electron chi connectivity index (χ0n) is 23.2. The molecule has 0 saturated carbocycles. The van der Waals surface area contributed by atoms with E-state index in [1.165, 1.54) is 40.3 Å². The number of thiophene rings is 2. The molecule has 0 atom stereocenters. The van der Waals surface area contributed by atoms with Gasteiger partial charge in [-0.2, -0.15) is 0 Å². The van der Waals surface area contributed by atoms with Gasteiger partial charge in [-0.3, -0.25) is 0 Å². The molecule has 0 aliphatic rings. The molecular weight excluding hydrogens is 577 g/mol. The molecule has 0 saturated heterocycles. The van der Waals surface area contributed by atoms with Crippen LogP contribution in [-0.2, 0) is 0 Å². The van der Waals surface area contributed by atoms with Crippen LogP contribution in [0.4, 0.5) is 0 Å². The third-order valence-corrected chi connectivity index (χ3v) is 10.9. The number of rotatable bonds is 2. The van der Waals surface area contributed by atoms with E-state index < -0.39 is 0 Å². The summed E-state index contributed by atoms with van der Waals surface area (Å²) >= 11 is 3.61. The highest BCUT2D eigenvalue weighted by Gasteiger charge is 2.16. The average molecular weight is 597 g/mol. The van der Waals surface area contributed by atoms with Gasteiger partial charge in [0.2, 0.25) is 0 Å². The van der Waals surface area contributed by atoms with Gasteiger partial charge in [-0.1, -0.05) is 84.9 Å². The van der Waals surface area contributed by atoms with Gasteiger partial charge in [0.1, 0.15) is 11.0 Å². The van der Waals surface area contributed by atoms with Crippen LogP contribution in [0.3, 0.4) is 0 Å². The van der Waals surface area contributed by atoms with Crippen molar-refractivity contribution >= 4 is 95.6 Å². The molecule has 204 valence electrons. The molecule has 10 aromatic rings. The van der Waals surface area contributed by atoms with Crippen molar-refractivity contribution in [2.24, 2.45) is 0 Å². The summed E-state index contributed by atoms with van der Waals surface area (Å²) in [4.78, 5) is 20.2. The second-order valence-corrected chi connectivity index (χ2v) is 13.2. The van der Waals surface area contributed by atoms with Gasteiger partial charge in [-0.25, -0.2) is 19.9 Å². The van der Waals surface area contributed by atoms with Crippen LogP contribution in [0.25, 0.3) is 95.7 Å². The third-order valence-electron chi connectivity index (χ3n) is 8.58. The molecule has 44 heavy (non-hydrogen) atoms. The smallest absolute Gasteiger partial charge is 0.159 e. The standard InChI is InChI=1S/C38H20N4S2/c1-2-8-24-23(7-1)29-19-39-37(21-13-15-27-25-9-3-5-11-31(25)43-33(27)17-21)41-35(29)36-30(24)20-40-38(42-36)22-14-16-28-26-10-4-6-12-32(26)44-34(28)18-22/h1-20H. The molecule has 0 aliphatic carbocycles. The quantitative estimate of drug-likeness (QED) is 0.186. The minimum atomic E-state index is 0.695. The number of fused-ring (bicyclic) bond motifs is 12. The molecule has 10 rings (SSSR count). The van der Waals surface area contributed by atoms with Crippen LogP contribution < -0.4 is 0 Å². The van der Waals surface area contributed by atoms with Crippen molar-refractivity contribution in [2.75, 3.05) is 0 Å². The van der Waals surface area contributed by atoms with Crippen LogP contribution in [0.1, 0.15) is 0 Å². The molecule has 0 aliphatic heterocycles. The van der Waals surface area contributed by atoms with Gasteiger partial charge in [0.25, 0.3) is 0 Å². The summed E-state index contributed by atoms with van der Waals surface area (Å²) in [6.07, 6.45) is 3.92. The first-order chi connectivity index (χ1) is 21.8. The molecule has 0 N–H and O–H groups in total. The predicted octanol–water partition coefficient (Wildman–Crippen LogP) is 10.8. The van der Waals surface area contributed by atoms with Crippen LogP contribution in [-0.4, -0.2) is 19.9 Å². The Balaban J connectivity index is 1.20. The number of hydrogen-bond donors (Lipinski definition) is 0. The molecular formula is C38H20N4S2. The predicted molar refractivity (Wildman–Crippen MR) is 187 cm³/mol. The second-order valence-electron chi connectivity index (χ2n) is 11.1. The van der Waals surface area contributed by atoms with Crippen LogP contribution >= 0.6 is 22.7 Å². The maximum Gasteiger partial charge on any atom is 0.159 e. The van der Waals surface area contributed by atoms with Gasteiger partial charge in [0.15, 0.2) is 11.6 Å². The van der Waals surface area contributed by atoms with E-state index in [2.05, 4.69) is 109 Å². The van der Waals surface area contributed by atoms with Crippen LogP contribution in [0.5, 0.6) is 0 Å². The van der Waals surface area contributed by atoms with Crippen LogP contribution in [0.15, 0.2) is 122 Å². The Kier molecular flexibility index (Phi) is 5.00. The Morgan fingerprint density at radius 3 is 1.25 bits per heavy atom. The molecule has 0 amide bonds. The molecule has 4 aromatic heterocycles. The van der Waals surface area contributed by atoms with E-state index in [0.717, 1.165) is 43.7 Å². The first-order valence-corrected chi connectivity index (χ1v) is 16.1. The average Bonchev–Trinajstić information content (AvgIpc) is 3.65. The Hall–Kier alpha value is -5.30. The number of aromatic nitrogens is 4. The first-order valence-electron chi connectivity index (χ1n) is 14.5. The van der Waals surface area contributed by atoms with Crippen molar-refractivity contribution in [3.63, 3.8) is 0 Å². The molecule has 0 unspecified atom stereocenters. The summed E-state index contributed by atoms with van der Waals surface area (Å²) in [6.45, 7) is 0. The summed E-state index contributed by atoms with van der Waals surface area (Å²) in [5.41, 5.74) is 3.67. The van der Waals surface area contributed by atoms with E-state index >= 15 is 0 Å². The molecule has 0 fully saturated rings. The maximum atomic E-state index is 5.20. The Labute approximate surface area is 258 Å². The normalized spacial score (nSPS) is 12.1. The second kappa shape index (κ2) is 9.10. The number of benzene rings is 6. The Morgan fingerprint density at radius 2 is 0.773 bits per heavy atom. The molecule has 6 heteroatoms. The highest BCUT2D eigenvalue weighted by Crippen LogP contribution is 2.39. The summed E-state index contributed by atoms with van der Waals surface area (Å²) in [5.74, 6) is 1.39. The largest absolute Gasteiger partial charge is 0.236 e. The lowest BCUT2D eigenvalue weighted by molar-refractivity contribution is 1.21. The minimum Gasteiger partial charge on any atom is -0.236 e. The van der Waals surface area contributed by atoms with Gasteiger partial charge in [-0.05, 0) is 35.0 Å². The van der Waals surface area contributed by atoms with Crippen molar-refractivity contribution in [3.8, 4) is 22.8 Å². The van der Waals surface area contributed by atoms with Crippen molar-refractivity contribution in [1.29, 1.82) is 0 Å². The summed E-state index contributed by atoms with van der Waals surface area (Å²) in [5, 5.41) is 9.28. The lowest BCUT2D eigenvalue weighted by atomic mass is 10.0. The van der Waals surface area contributed by atoms with E-state index in [-0.39, 0.29) is 0 Å². The monoisotopic (exact) mass is 596 g/mol. The molecule has 4 nitrogen and oxygen atoms in total. The Morgan fingerprint density at radius 1 is 0.364 bits per heavy atom. The molecule has 0 radical (unpaired) electrons. The van der Waals surface area contributed by atoms with Crippen LogP contribution in [0, 0.1) is 0 Å². The number of hydrogen-bond acceptors (Lipinski definition) is 6.